The number of allylic oxidation sites excluding steroid dienone is 1. The summed E-state index contributed by atoms with van der Waals surface area (Å²) in [6, 6.07) is 13.8. The molecule has 3 nitrogen and oxygen atoms in total. The third-order valence-electron chi connectivity index (χ3n) is 3.49. The van der Waals surface area contributed by atoms with E-state index in [0.717, 1.165) is 27.5 Å². The quantitative estimate of drug-likeness (QED) is 0.502. The average molecular weight is 355 g/mol. The zero-order valence-electron chi connectivity index (χ0n) is 12.2. The third kappa shape index (κ3) is 3.02. The van der Waals surface area contributed by atoms with Crippen molar-refractivity contribution in [2.24, 2.45) is 0 Å². The SMILES string of the molecule is CCn1cc(Br)c(/C=C/C(=O)c2ccc3ccccc3c2)n1. The Bertz CT molecular complexity index is 864. The number of carbonyl (C=O) groups is 1. The van der Waals surface area contributed by atoms with Gasteiger partial charge in [0, 0.05) is 18.3 Å². The van der Waals surface area contributed by atoms with E-state index in [1.54, 1.807) is 12.2 Å². The highest BCUT2D eigenvalue weighted by atomic mass is 79.9. The normalized spacial score (nSPS) is 11.4. The number of hydrogen-bond acceptors (Lipinski definition) is 2. The Hall–Kier alpha value is -2.20. The molecule has 1 aromatic heterocycles. The summed E-state index contributed by atoms with van der Waals surface area (Å²) in [6.07, 6.45) is 5.21. The molecule has 0 aliphatic rings. The Balaban J connectivity index is 1.85. The number of rotatable bonds is 4. The standard InChI is InChI=1S/C18H15BrN2O/c1-2-21-12-16(19)17(20-21)9-10-18(22)15-8-7-13-5-3-4-6-14(13)11-15/h3-12H,2H2,1H3/b10-9+. The predicted octanol–water partition coefficient (Wildman–Crippen LogP) is 4.71. The van der Waals surface area contributed by atoms with E-state index in [4.69, 9.17) is 0 Å². The Morgan fingerprint density at radius 3 is 2.73 bits per heavy atom. The number of carbonyl (C=O) groups excluding carboxylic acids is 1. The van der Waals surface area contributed by atoms with Crippen LogP contribution in [0.3, 0.4) is 0 Å². The lowest BCUT2D eigenvalue weighted by atomic mass is 10.0. The molecule has 0 radical (unpaired) electrons. The van der Waals surface area contributed by atoms with Gasteiger partial charge in [-0.25, -0.2) is 0 Å². The van der Waals surface area contributed by atoms with Crippen molar-refractivity contribution in [2.45, 2.75) is 13.5 Å². The van der Waals surface area contributed by atoms with Gasteiger partial charge in [-0.05, 0) is 51.8 Å². The van der Waals surface area contributed by atoms with E-state index in [9.17, 15) is 4.79 Å². The van der Waals surface area contributed by atoms with Gasteiger partial charge in [-0.1, -0.05) is 36.4 Å². The highest BCUT2D eigenvalue weighted by Gasteiger charge is 2.06. The van der Waals surface area contributed by atoms with Crippen LogP contribution in [0.15, 0.2) is 59.2 Å². The minimum atomic E-state index is -0.0244. The molecule has 1 heterocycles. The zero-order valence-corrected chi connectivity index (χ0v) is 13.7. The van der Waals surface area contributed by atoms with Gasteiger partial charge in [0.2, 0.25) is 0 Å². The largest absolute Gasteiger partial charge is 0.289 e. The lowest BCUT2D eigenvalue weighted by molar-refractivity contribution is 0.104. The van der Waals surface area contributed by atoms with Crippen molar-refractivity contribution in [1.82, 2.24) is 9.78 Å². The molecule has 0 saturated carbocycles. The summed E-state index contributed by atoms with van der Waals surface area (Å²) in [6.45, 7) is 2.82. The molecule has 4 heteroatoms. The van der Waals surface area contributed by atoms with Gasteiger partial charge in [-0.2, -0.15) is 5.10 Å². The first kappa shape index (κ1) is 14.7. The fraction of sp³-hybridized carbons (Fsp3) is 0.111. The van der Waals surface area contributed by atoms with E-state index < -0.39 is 0 Å². The Labute approximate surface area is 137 Å². The van der Waals surface area contributed by atoms with Crippen molar-refractivity contribution in [1.29, 1.82) is 0 Å². The third-order valence-corrected chi connectivity index (χ3v) is 4.10. The highest BCUT2D eigenvalue weighted by Crippen LogP contribution is 2.18. The van der Waals surface area contributed by atoms with Crippen molar-refractivity contribution in [3.8, 4) is 0 Å². The molecule has 3 aromatic rings. The first-order chi connectivity index (χ1) is 10.7. The van der Waals surface area contributed by atoms with Crippen LogP contribution in [-0.2, 0) is 6.54 Å². The van der Waals surface area contributed by atoms with Gasteiger partial charge in [0.1, 0.15) is 0 Å². The molecular formula is C18H15BrN2O. The minimum Gasteiger partial charge on any atom is -0.289 e. The maximum absolute atomic E-state index is 12.3. The summed E-state index contributed by atoms with van der Waals surface area (Å²) in [5.74, 6) is -0.0244. The van der Waals surface area contributed by atoms with E-state index in [1.165, 1.54) is 0 Å². The lowest BCUT2D eigenvalue weighted by Crippen LogP contribution is -1.95. The lowest BCUT2D eigenvalue weighted by Gasteiger charge is -2.00. The van der Waals surface area contributed by atoms with E-state index in [-0.39, 0.29) is 5.78 Å². The van der Waals surface area contributed by atoms with E-state index >= 15 is 0 Å². The van der Waals surface area contributed by atoms with Crippen LogP contribution in [0.2, 0.25) is 0 Å². The van der Waals surface area contributed by atoms with E-state index in [1.807, 2.05) is 60.3 Å². The van der Waals surface area contributed by atoms with Crippen molar-refractivity contribution in [2.75, 3.05) is 0 Å². The molecule has 2 aromatic carbocycles. The van der Waals surface area contributed by atoms with Crippen LogP contribution in [0.5, 0.6) is 0 Å². The molecule has 0 N–H and O–H groups in total. The number of benzene rings is 2. The average Bonchev–Trinajstić information content (AvgIpc) is 2.92. The fourth-order valence-corrected chi connectivity index (χ4v) is 2.73. The first-order valence-corrected chi connectivity index (χ1v) is 7.91. The molecular weight excluding hydrogens is 340 g/mol. The number of aromatic nitrogens is 2. The Morgan fingerprint density at radius 1 is 1.23 bits per heavy atom. The maximum atomic E-state index is 12.3. The smallest absolute Gasteiger partial charge is 0.185 e. The van der Waals surface area contributed by atoms with Crippen molar-refractivity contribution >= 4 is 38.6 Å². The number of fused-ring (bicyclic) bond motifs is 1. The molecule has 110 valence electrons. The first-order valence-electron chi connectivity index (χ1n) is 7.11. The van der Waals surface area contributed by atoms with Crippen LogP contribution in [0.1, 0.15) is 23.0 Å². The summed E-state index contributed by atoms with van der Waals surface area (Å²) in [5.41, 5.74) is 1.44. The van der Waals surface area contributed by atoms with Gasteiger partial charge in [0.15, 0.2) is 5.78 Å². The second-order valence-corrected chi connectivity index (χ2v) is 5.83. The Kier molecular flexibility index (Phi) is 4.20. The molecule has 0 spiro atoms. The second kappa shape index (κ2) is 6.28. The fourth-order valence-electron chi connectivity index (χ4n) is 2.28. The molecule has 0 unspecified atom stereocenters. The van der Waals surface area contributed by atoms with Crippen LogP contribution in [0.25, 0.3) is 16.8 Å². The molecule has 3 rings (SSSR count). The number of aryl methyl sites for hydroxylation is 1. The van der Waals surface area contributed by atoms with E-state index in [2.05, 4.69) is 21.0 Å². The number of ketones is 1. The van der Waals surface area contributed by atoms with Crippen molar-refractivity contribution < 1.29 is 4.79 Å². The van der Waals surface area contributed by atoms with Gasteiger partial charge in [-0.15, -0.1) is 0 Å². The van der Waals surface area contributed by atoms with Gasteiger partial charge in [0.05, 0.1) is 10.2 Å². The van der Waals surface area contributed by atoms with Crippen molar-refractivity contribution in [3.05, 3.63) is 70.5 Å². The molecule has 0 atom stereocenters. The van der Waals surface area contributed by atoms with Crippen LogP contribution in [-0.4, -0.2) is 15.6 Å². The van der Waals surface area contributed by atoms with Crippen LogP contribution in [0.4, 0.5) is 0 Å². The van der Waals surface area contributed by atoms with Gasteiger partial charge in [-0.3, -0.25) is 9.48 Å². The molecule has 0 aliphatic carbocycles. The van der Waals surface area contributed by atoms with Crippen LogP contribution in [0, 0.1) is 0 Å². The van der Waals surface area contributed by atoms with Crippen LogP contribution < -0.4 is 0 Å². The number of halogens is 1. The zero-order chi connectivity index (χ0) is 15.5. The molecule has 0 fully saturated rings. The molecule has 0 saturated heterocycles. The van der Waals surface area contributed by atoms with Gasteiger partial charge >= 0.3 is 0 Å². The minimum absolute atomic E-state index is 0.0244. The monoisotopic (exact) mass is 354 g/mol. The predicted molar refractivity (Wildman–Crippen MR) is 92.9 cm³/mol. The number of hydrogen-bond donors (Lipinski definition) is 0. The summed E-state index contributed by atoms with van der Waals surface area (Å²) in [4.78, 5) is 12.3. The molecule has 0 amide bonds. The molecule has 22 heavy (non-hydrogen) atoms. The van der Waals surface area contributed by atoms with Gasteiger partial charge < -0.3 is 0 Å². The molecule has 0 aliphatic heterocycles. The summed E-state index contributed by atoms with van der Waals surface area (Å²) in [5, 5.41) is 6.57. The molecule has 0 bridgehead atoms. The Morgan fingerprint density at radius 2 is 2.00 bits per heavy atom. The van der Waals surface area contributed by atoms with Gasteiger partial charge in [0.25, 0.3) is 0 Å². The van der Waals surface area contributed by atoms with Crippen LogP contribution >= 0.6 is 15.9 Å². The maximum Gasteiger partial charge on any atom is 0.185 e. The summed E-state index contributed by atoms with van der Waals surface area (Å²) in [7, 11) is 0. The summed E-state index contributed by atoms with van der Waals surface area (Å²) < 4.78 is 2.71. The highest BCUT2D eigenvalue weighted by molar-refractivity contribution is 9.10. The second-order valence-electron chi connectivity index (χ2n) is 4.98. The van der Waals surface area contributed by atoms with Crippen molar-refractivity contribution in [3.63, 3.8) is 0 Å². The number of nitrogens with zero attached hydrogens (tertiary/aromatic N) is 2. The van der Waals surface area contributed by atoms with E-state index in [0.29, 0.717) is 5.56 Å². The topological polar surface area (TPSA) is 34.9 Å². The summed E-state index contributed by atoms with van der Waals surface area (Å²) >= 11 is 3.45.